The SMILES string of the molecule is Cc1c(COc2cc(OCc3cncc(C#N)c3)c(CNCCCC(=O)O)cc2Cl)cccc1-c1cccc(-c2ccc3c(c2)CC(NCCO)C3)c1C. The molecule has 0 bridgehead atoms. The lowest BCUT2D eigenvalue weighted by Crippen LogP contribution is -2.31. The topological polar surface area (TPSA) is 137 Å². The van der Waals surface area contributed by atoms with Crippen LogP contribution < -0.4 is 20.1 Å². The van der Waals surface area contributed by atoms with Crippen molar-refractivity contribution < 1.29 is 24.5 Å². The minimum Gasteiger partial charge on any atom is -0.488 e. The Labute approximate surface area is 321 Å². The fraction of sp³-hybridized carbons (Fsp3) is 0.295. The number of pyridine rings is 1. The molecule has 0 saturated carbocycles. The number of fused-ring (bicyclic) bond motifs is 1. The van der Waals surface area contributed by atoms with E-state index in [1.165, 1.54) is 39.6 Å². The van der Waals surface area contributed by atoms with E-state index in [2.05, 4.69) is 90.1 Å². The number of halogens is 1. The number of rotatable bonds is 17. The Hall–Kier alpha value is -5.24. The lowest BCUT2D eigenvalue weighted by Gasteiger charge is -2.18. The van der Waals surface area contributed by atoms with Crippen molar-refractivity contribution >= 4 is 17.6 Å². The smallest absolute Gasteiger partial charge is 0.303 e. The van der Waals surface area contributed by atoms with E-state index in [1.54, 1.807) is 18.3 Å². The quantitative estimate of drug-likeness (QED) is 0.0706. The van der Waals surface area contributed by atoms with Crippen LogP contribution in [0.2, 0.25) is 5.02 Å². The van der Waals surface area contributed by atoms with E-state index >= 15 is 0 Å². The summed E-state index contributed by atoms with van der Waals surface area (Å²) < 4.78 is 12.6. The summed E-state index contributed by atoms with van der Waals surface area (Å²) in [6, 6.07) is 27.3. The average Bonchev–Trinajstić information content (AvgIpc) is 3.59. The lowest BCUT2D eigenvalue weighted by molar-refractivity contribution is -0.137. The monoisotopic (exact) mass is 744 g/mol. The number of carboxylic acids is 1. The van der Waals surface area contributed by atoms with E-state index in [1.807, 2.05) is 6.07 Å². The van der Waals surface area contributed by atoms with Gasteiger partial charge in [-0.05, 0) is 102 Å². The highest BCUT2D eigenvalue weighted by atomic mass is 35.5. The van der Waals surface area contributed by atoms with Crippen LogP contribution in [0.1, 0.15) is 57.3 Å². The van der Waals surface area contributed by atoms with Crippen molar-refractivity contribution in [1.82, 2.24) is 15.6 Å². The number of hydrogen-bond donors (Lipinski definition) is 4. The van der Waals surface area contributed by atoms with Gasteiger partial charge in [-0.3, -0.25) is 9.78 Å². The number of aliphatic carboxylic acids is 1. The van der Waals surface area contributed by atoms with Crippen LogP contribution in [0, 0.1) is 25.2 Å². The molecule has 1 aliphatic carbocycles. The van der Waals surface area contributed by atoms with E-state index < -0.39 is 5.97 Å². The lowest BCUT2D eigenvalue weighted by atomic mass is 9.89. The predicted octanol–water partition coefficient (Wildman–Crippen LogP) is 7.72. The largest absolute Gasteiger partial charge is 0.488 e. The van der Waals surface area contributed by atoms with E-state index in [4.69, 9.17) is 26.2 Å². The molecular weight excluding hydrogens is 700 g/mol. The predicted molar refractivity (Wildman–Crippen MR) is 211 cm³/mol. The van der Waals surface area contributed by atoms with Gasteiger partial charge in [-0.1, -0.05) is 66.2 Å². The van der Waals surface area contributed by atoms with Crippen molar-refractivity contribution in [3.63, 3.8) is 0 Å². The normalized spacial score (nSPS) is 13.4. The van der Waals surface area contributed by atoms with E-state index in [-0.39, 0.29) is 26.2 Å². The minimum absolute atomic E-state index is 0.0815. The second-order valence-electron chi connectivity index (χ2n) is 13.7. The van der Waals surface area contributed by atoms with Crippen LogP contribution in [0.5, 0.6) is 11.5 Å². The number of ether oxygens (including phenoxy) is 2. The summed E-state index contributed by atoms with van der Waals surface area (Å²) in [6.45, 7) is 6.46. The summed E-state index contributed by atoms with van der Waals surface area (Å²) in [5.41, 5.74) is 12.8. The molecule has 0 amide bonds. The highest BCUT2D eigenvalue weighted by Gasteiger charge is 2.22. The van der Waals surface area contributed by atoms with Crippen LogP contribution in [0.15, 0.2) is 85.2 Å². The van der Waals surface area contributed by atoms with Gasteiger partial charge in [-0.2, -0.15) is 5.26 Å². The van der Waals surface area contributed by atoms with Crippen molar-refractivity contribution in [1.29, 1.82) is 5.26 Å². The number of nitrogens with one attached hydrogen (secondary N) is 2. The van der Waals surface area contributed by atoms with Gasteiger partial charge in [0, 0.05) is 55.1 Å². The molecule has 5 aromatic rings. The van der Waals surface area contributed by atoms with Crippen LogP contribution in [-0.4, -0.2) is 46.9 Å². The molecule has 4 aromatic carbocycles. The van der Waals surface area contributed by atoms with Gasteiger partial charge in [0.05, 0.1) is 17.2 Å². The van der Waals surface area contributed by atoms with Crippen molar-refractivity contribution in [2.24, 2.45) is 0 Å². The summed E-state index contributed by atoms with van der Waals surface area (Å²) in [5.74, 6) is 0.197. The molecule has 10 heteroatoms. The first-order valence-electron chi connectivity index (χ1n) is 18.2. The number of aromatic nitrogens is 1. The zero-order valence-electron chi connectivity index (χ0n) is 30.6. The number of nitriles is 1. The molecule has 1 unspecified atom stereocenters. The Morgan fingerprint density at radius 2 is 1.65 bits per heavy atom. The van der Waals surface area contributed by atoms with Gasteiger partial charge in [0.15, 0.2) is 0 Å². The summed E-state index contributed by atoms with van der Waals surface area (Å²) >= 11 is 6.79. The molecule has 4 N–H and O–H groups in total. The van der Waals surface area contributed by atoms with Gasteiger partial charge in [0.1, 0.15) is 30.8 Å². The Morgan fingerprint density at radius 3 is 2.44 bits per heavy atom. The maximum Gasteiger partial charge on any atom is 0.303 e. The van der Waals surface area contributed by atoms with Gasteiger partial charge < -0.3 is 30.3 Å². The number of carbonyl (C=O) groups is 1. The number of carboxylic acid groups (broad SMARTS) is 1. The molecule has 54 heavy (non-hydrogen) atoms. The number of aliphatic hydroxyl groups excluding tert-OH is 1. The molecule has 1 heterocycles. The molecule has 1 aromatic heterocycles. The van der Waals surface area contributed by atoms with Gasteiger partial charge in [-0.25, -0.2) is 0 Å². The highest BCUT2D eigenvalue weighted by Crippen LogP contribution is 2.38. The Bertz CT molecular complexity index is 2160. The Morgan fingerprint density at radius 1 is 0.889 bits per heavy atom. The summed E-state index contributed by atoms with van der Waals surface area (Å²) in [7, 11) is 0. The average molecular weight is 745 g/mol. The van der Waals surface area contributed by atoms with E-state index in [0.717, 1.165) is 40.7 Å². The number of aliphatic hydroxyl groups is 1. The molecule has 6 rings (SSSR count). The maximum atomic E-state index is 10.9. The first-order valence-corrected chi connectivity index (χ1v) is 18.6. The van der Waals surface area contributed by atoms with Crippen LogP contribution >= 0.6 is 11.6 Å². The third-order valence-corrected chi connectivity index (χ3v) is 10.2. The molecule has 0 saturated heterocycles. The number of benzene rings is 4. The molecule has 0 fully saturated rings. The van der Waals surface area contributed by atoms with Gasteiger partial charge in [0.2, 0.25) is 0 Å². The molecule has 9 nitrogen and oxygen atoms in total. The van der Waals surface area contributed by atoms with Gasteiger partial charge in [-0.15, -0.1) is 0 Å². The Kier molecular flexibility index (Phi) is 13.0. The van der Waals surface area contributed by atoms with E-state index in [9.17, 15) is 15.2 Å². The van der Waals surface area contributed by atoms with Crippen molar-refractivity contribution in [3.8, 4) is 39.8 Å². The minimum atomic E-state index is -0.833. The first kappa shape index (κ1) is 38.5. The third kappa shape index (κ3) is 9.46. The van der Waals surface area contributed by atoms with E-state index in [0.29, 0.717) is 54.2 Å². The summed E-state index contributed by atoms with van der Waals surface area (Å²) in [4.78, 5) is 15.1. The van der Waals surface area contributed by atoms with Crippen LogP contribution in [-0.2, 0) is 37.4 Å². The van der Waals surface area contributed by atoms with Crippen molar-refractivity contribution in [3.05, 3.63) is 135 Å². The van der Waals surface area contributed by atoms with Gasteiger partial charge in [0.25, 0.3) is 0 Å². The molecule has 1 atom stereocenters. The molecule has 278 valence electrons. The second-order valence-corrected chi connectivity index (χ2v) is 14.1. The maximum absolute atomic E-state index is 10.9. The first-order chi connectivity index (χ1) is 26.2. The van der Waals surface area contributed by atoms with Crippen LogP contribution in [0.4, 0.5) is 0 Å². The molecule has 1 aliphatic rings. The van der Waals surface area contributed by atoms with Crippen LogP contribution in [0.3, 0.4) is 0 Å². The zero-order chi connectivity index (χ0) is 38.0. The number of hydrogen-bond acceptors (Lipinski definition) is 8. The Balaban J connectivity index is 1.20. The molecule has 0 aliphatic heterocycles. The fourth-order valence-corrected chi connectivity index (χ4v) is 7.30. The van der Waals surface area contributed by atoms with Crippen LogP contribution in [0.25, 0.3) is 22.3 Å². The van der Waals surface area contributed by atoms with Gasteiger partial charge >= 0.3 is 5.97 Å². The standard InChI is InChI=1S/C44H45ClN4O5/c1-28-34(6-3-8-39(28)40-9-4-7-38(29(40)2)33-12-11-32-18-37(49-14-15-50)19-35(32)17-33)27-54-43-21-42(53-26-31-16-30(22-46)23-48-24-31)36(20-41(43)45)25-47-13-5-10-44(51)52/h3-4,6-9,11-12,16-17,20-21,23-24,37,47,49-50H,5,10,13-15,18-19,25-27H2,1-2H3,(H,51,52). The fourth-order valence-electron chi connectivity index (χ4n) is 7.06. The number of nitrogens with zero attached hydrogens (tertiary/aromatic N) is 2. The molecule has 0 radical (unpaired) electrons. The summed E-state index contributed by atoms with van der Waals surface area (Å²) in [6.07, 6.45) is 5.68. The highest BCUT2D eigenvalue weighted by molar-refractivity contribution is 6.32. The molecular formula is C44H45ClN4O5. The third-order valence-electron chi connectivity index (χ3n) is 9.94. The van der Waals surface area contributed by atoms with Crippen molar-refractivity contribution in [2.45, 2.75) is 65.3 Å². The zero-order valence-corrected chi connectivity index (χ0v) is 31.4. The second kappa shape index (κ2) is 18.2. The summed E-state index contributed by atoms with van der Waals surface area (Å²) in [5, 5.41) is 34.7. The van der Waals surface area contributed by atoms with Crippen molar-refractivity contribution in [2.75, 3.05) is 19.7 Å². The molecule has 0 spiro atoms.